The van der Waals surface area contributed by atoms with Crippen molar-refractivity contribution < 1.29 is 58.9 Å². The summed E-state index contributed by atoms with van der Waals surface area (Å²) in [7, 11) is 0. The molecule has 2 fully saturated rings. The summed E-state index contributed by atoms with van der Waals surface area (Å²) in [5.41, 5.74) is -2.21. The molecule has 0 aromatic heterocycles. The molecule has 0 aromatic rings. The average Bonchev–Trinajstić information content (AvgIpc) is 3.16. The van der Waals surface area contributed by atoms with Gasteiger partial charge < -0.3 is 39.7 Å². The number of ether oxygens (including phenoxy) is 3. The van der Waals surface area contributed by atoms with Crippen molar-refractivity contribution in [3.63, 3.8) is 0 Å². The first-order valence-corrected chi connectivity index (χ1v) is 21.1. The molecule has 0 aromatic carbocycles. The summed E-state index contributed by atoms with van der Waals surface area (Å²) in [6.45, 7) is 18.3. The Bertz CT molecular complexity index is 1470. The van der Waals surface area contributed by atoms with Crippen molar-refractivity contribution in [3.05, 3.63) is 36.5 Å². The van der Waals surface area contributed by atoms with Crippen LogP contribution < -0.4 is 0 Å². The molecule has 3 aliphatic rings. The quantitative estimate of drug-likeness (QED) is 0.238. The molecule has 3 rings (SSSR count). The lowest BCUT2D eigenvalue weighted by Crippen LogP contribution is -2.66. The summed E-state index contributed by atoms with van der Waals surface area (Å²) < 4.78 is 19.4. The highest BCUT2D eigenvalue weighted by Crippen LogP contribution is 2.47. The summed E-state index contributed by atoms with van der Waals surface area (Å²) in [4.78, 5) is 54.5. The van der Waals surface area contributed by atoms with Gasteiger partial charge in [0.1, 0.15) is 17.5 Å². The van der Waals surface area contributed by atoms with Crippen molar-refractivity contribution in [1.82, 2.24) is 0 Å². The molecule has 0 unspecified atom stereocenters. The van der Waals surface area contributed by atoms with Crippen LogP contribution in [0.3, 0.4) is 0 Å². The van der Waals surface area contributed by atoms with Gasteiger partial charge in [-0.05, 0) is 63.7 Å². The maximum Gasteiger partial charge on any atom is 0.330 e. The molecule has 2 bridgehead atoms. The summed E-state index contributed by atoms with van der Waals surface area (Å²) in [5, 5.41) is 55.0. The molecule has 18 atom stereocenters. The highest BCUT2D eigenvalue weighted by atomic mass is 16.7. The maximum absolute atomic E-state index is 14.0. The van der Waals surface area contributed by atoms with Gasteiger partial charge in [0.2, 0.25) is 5.79 Å². The van der Waals surface area contributed by atoms with Gasteiger partial charge in [-0.25, -0.2) is 4.79 Å². The number of ketones is 3. The van der Waals surface area contributed by atoms with E-state index < -0.39 is 107 Å². The molecule has 12 heteroatoms. The Balaban J connectivity index is 2.02. The van der Waals surface area contributed by atoms with Crippen molar-refractivity contribution >= 4 is 23.3 Å². The van der Waals surface area contributed by atoms with Crippen LogP contribution in [0.5, 0.6) is 0 Å². The molecule has 3 heterocycles. The predicted octanol–water partition coefficient (Wildman–Crippen LogP) is 5.06. The second kappa shape index (κ2) is 20.6. The largest absolute Gasteiger partial charge is 0.458 e. The van der Waals surface area contributed by atoms with Gasteiger partial charge in [-0.1, -0.05) is 92.7 Å². The fourth-order valence-electron chi connectivity index (χ4n) is 8.91. The first-order chi connectivity index (χ1) is 26.5. The van der Waals surface area contributed by atoms with Gasteiger partial charge in [-0.2, -0.15) is 0 Å². The molecule has 0 radical (unpaired) electrons. The third-order valence-electron chi connectivity index (χ3n) is 13.2. The van der Waals surface area contributed by atoms with Gasteiger partial charge in [0.25, 0.3) is 0 Å². The molecule has 5 N–H and O–H groups in total. The van der Waals surface area contributed by atoms with Gasteiger partial charge in [-0.15, -0.1) is 0 Å². The third kappa shape index (κ3) is 11.4. The van der Waals surface area contributed by atoms with Crippen molar-refractivity contribution in [2.24, 2.45) is 53.3 Å². The van der Waals surface area contributed by atoms with Crippen LogP contribution in [0, 0.1) is 53.3 Å². The topological polar surface area (TPSA) is 197 Å². The number of fused-ring (bicyclic) bond motifs is 2. The van der Waals surface area contributed by atoms with Crippen LogP contribution in [0.1, 0.15) is 115 Å². The smallest absolute Gasteiger partial charge is 0.330 e. The van der Waals surface area contributed by atoms with Crippen molar-refractivity contribution in [1.29, 1.82) is 0 Å². The molecular formula is C45H72O12. The number of hydrogen-bond acceptors (Lipinski definition) is 12. The highest BCUT2D eigenvalue weighted by Gasteiger charge is 2.61. The first-order valence-electron chi connectivity index (χ1n) is 21.1. The maximum atomic E-state index is 14.0. The Morgan fingerprint density at radius 2 is 1.47 bits per heavy atom. The molecule has 0 aliphatic carbocycles. The lowest BCUT2D eigenvalue weighted by Gasteiger charge is -2.54. The fourth-order valence-corrected chi connectivity index (χ4v) is 8.91. The minimum atomic E-state index is -2.21. The minimum Gasteiger partial charge on any atom is -0.458 e. The first kappa shape index (κ1) is 48.8. The van der Waals surface area contributed by atoms with E-state index in [1.54, 1.807) is 27.7 Å². The van der Waals surface area contributed by atoms with E-state index in [0.29, 0.717) is 25.7 Å². The Labute approximate surface area is 340 Å². The molecule has 57 heavy (non-hydrogen) atoms. The summed E-state index contributed by atoms with van der Waals surface area (Å²) in [5.74, 6) is -9.55. The summed E-state index contributed by atoms with van der Waals surface area (Å²) in [6.07, 6.45) is 6.53. The monoisotopic (exact) mass is 805 g/mol. The zero-order valence-electron chi connectivity index (χ0n) is 36.0. The molecule has 324 valence electrons. The highest BCUT2D eigenvalue weighted by molar-refractivity contribution is 5.91. The van der Waals surface area contributed by atoms with E-state index >= 15 is 0 Å². The van der Waals surface area contributed by atoms with Gasteiger partial charge in [0, 0.05) is 42.1 Å². The van der Waals surface area contributed by atoms with Crippen molar-refractivity contribution in [2.45, 2.75) is 169 Å². The van der Waals surface area contributed by atoms with Crippen LogP contribution in [0.4, 0.5) is 0 Å². The van der Waals surface area contributed by atoms with Gasteiger partial charge in [0.05, 0.1) is 42.5 Å². The number of carbonyl (C=O) groups is 4. The lowest BCUT2D eigenvalue weighted by molar-refractivity contribution is -0.344. The number of aliphatic hydroxyl groups excluding tert-OH is 4. The molecule has 0 saturated carbocycles. The second-order valence-corrected chi connectivity index (χ2v) is 17.9. The van der Waals surface area contributed by atoms with Gasteiger partial charge in [0.15, 0.2) is 11.6 Å². The molecule has 12 nitrogen and oxygen atoms in total. The number of esters is 1. The molecular weight excluding hydrogens is 732 g/mol. The number of carbonyl (C=O) groups excluding carboxylic acids is 4. The number of aliphatic hydroxyl groups is 5. The normalized spacial score (nSPS) is 46.2. The minimum absolute atomic E-state index is 0.132. The summed E-state index contributed by atoms with van der Waals surface area (Å²) in [6, 6.07) is 0. The second-order valence-electron chi connectivity index (χ2n) is 17.9. The molecule has 2 saturated heterocycles. The SMILES string of the molecule is CC[C@H]1/C=C/C=C/C[C@@H](C)[C@@H](O)[C@@](C)(O)C(=O)[C@H](C)[C@H](O)[C@H](C)C(=O)[C@H](C)[C@H](O)[C@H](C)/C=C/C(=O)O[C@@H]2[C@H](C)[C@H](CC1)O[C@@]1(O[C@@H](C[C@@H](C)O)[C@H](C)CC1=O)[C@@H]2C. The molecule has 1 spiro atoms. The number of rotatable bonds is 3. The van der Waals surface area contributed by atoms with E-state index in [1.165, 1.54) is 39.8 Å². The van der Waals surface area contributed by atoms with Crippen LogP contribution in [0.15, 0.2) is 36.5 Å². The number of Topliss-reactive ketones (excluding diaryl/α,β-unsaturated/α-hetero) is 3. The van der Waals surface area contributed by atoms with E-state index in [0.717, 1.165) is 6.42 Å². The Hall–Kier alpha value is -2.58. The van der Waals surface area contributed by atoms with E-state index in [-0.39, 0.29) is 30.0 Å². The Morgan fingerprint density at radius 3 is 2.09 bits per heavy atom. The average molecular weight is 805 g/mol. The van der Waals surface area contributed by atoms with Crippen LogP contribution >= 0.6 is 0 Å². The fraction of sp³-hybridized carbons (Fsp3) is 0.778. The van der Waals surface area contributed by atoms with Crippen LogP contribution in [0.2, 0.25) is 0 Å². The summed E-state index contributed by atoms with van der Waals surface area (Å²) >= 11 is 0. The van der Waals surface area contributed by atoms with Crippen molar-refractivity contribution in [2.75, 3.05) is 0 Å². The van der Waals surface area contributed by atoms with Crippen LogP contribution in [-0.4, -0.2) is 103 Å². The molecule has 3 aliphatic heterocycles. The zero-order chi connectivity index (χ0) is 43.2. The Kier molecular flexibility index (Phi) is 17.6. The Morgan fingerprint density at radius 1 is 0.842 bits per heavy atom. The van der Waals surface area contributed by atoms with Crippen LogP contribution in [-0.2, 0) is 33.4 Å². The van der Waals surface area contributed by atoms with E-state index in [4.69, 9.17) is 14.2 Å². The number of hydrogen-bond donors (Lipinski definition) is 5. The van der Waals surface area contributed by atoms with E-state index in [9.17, 15) is 44.7 Å². The molecule has 0 amide bonds. The van der Waals surface area contributed by atoms with Gasteiger partial charge in [-0.3, -0.25) is 14.4 Å². The standard InChI is InChI=1S/C45H72O12/c1-12-33-17-15-13-14-16-25(3)42(52)44(11,54)43(53)31(9)40(51)30(8)39(50)29(7)38(49)24(2)18-21-37(48)55-41-28(6)34(20-19-33)56-45(32(41)10)36(47)22-26(4)35(57-45)23-27(5)46/h13-15,17-18,21,24-35,38,40-42,46,49,51-52,54H,12,16,19-20,22-23H2,1-11H3/b14-13+,17-15+,21-18+/t24-,25-,26-,27-,28-,29-,30-,31-,32-,33+,34+,35+,38-,40-,41-,42-,44-,45-/m1/s1. The third-order valence-corrected chi connectivity index (χ3v) is 13.2. The van der Waals surface area contributed by atoms with Gasteiger partial charge >= 0.3 is 5.97 Å². The van der Waals surface area contributed by atoms with E-state index in [2.05, 4.69) is 13.0 Å². The number of allylic oxidation sites excluding steroid dienone is 4. The van der Waals surface area contributed by atoms with E-state index in [1.807, 2.05) is 32.1 Å². The van der Waals surface area contributed by atoms with Crippen LogP contribution in [0.25, 0.3) is 0 Å². The lowest BCUT2D eigenvalue weighted by atomic mass is 9.74. The van der Waals surface area contributed by atoms with Crippen molar-refractivity contribution in [3.8, 4) is 0 Å². The zero-order valence-corrected chi connectivity index (χ0v) is 36.0. The predicted molar refractivity (Wildman–Crippen MR) is 215 cm³/mol.